The molecule has 98 valence electrons. The highest BCUT2D eigenvalue weighted by Crippen LogP contribution is 2.04. The molecule has 2 aromatic rings. The van der Waals surface area contributed by atoms with E-state index in [0.29, 0.717) is 6.54 Å². The summed E-state index contributed by atoms with van der Waals surface area (Å²) < 4.78 is 1.68. The highest BCUT2D eigenvalue weighted by molar-refractivity contribution is 5.78. The largest absolute Gasteiger partial charge is 0.503 e. The van der Waals surface area contributed by atoms with Crippen LogP contribution in [0.25, 0.3) is 0 Å². The average Bonchev–Trinajstić information content (AvgIpc) is 2.45. The SMILES string of the molecule is C[C@H](C(=O)NCc1ccccc1)[n+]1cccc(O)c1. The Morgan fingerprint density at radius 3 is 2.68 bits per heavy atom. The zero-order chi connectivity index (χ0) is 13.7. The number of carbonyl (C=O) groups excluding carboxylic acids is 1. The van der Waals surface area contributed by atoms with Gasteiger partial charge in [0.05, 0.1) is 0 Å². The van der Waals surface area contributed by atoms with Gasteiger partial charge in [-0.3, -0.25) is 4.79 Å². The Hall–Kier alpha value is -2.36. The molecule has 2 N–H and O–H groups in total. The third-order valence-corrected chi connectivity index (χ3v) is 2.94. The highest BCUT2D eigenvalue weighted by atomic mass is 16.3. The van der Waals surface area contributed by atoms with Crippen molar-refractivity contribution in [1.29, 1.82) is 0 Å². The number of nitrogens with one attached hydrogen (secondary N) is 1. The number of pyridine rings is 1. The van der Waals surface area contributed by atoms with Crippen LogP contribution >= 0.6 is 0 Å². The molecule has 1 heterocycles. The number of amides is 1. The number of benzene rings is 1. The van der Waals surface area contributed by atoms with Crippen LogP contribution in [-0.4, -0.2) is 11.0 Å². The van der Waals surface area contributed by atoms with E-state index >= 15 is 0 Å². The summed E-state index contributed by atoms with van der Waals surface area (Å²) in [5.74, 6) is 0.0599. The first-order valence-electron chi connectivity index (χ1n) is 6.18. The van der Waals surface area contributed by atoms with E-state index in [-0.39, 0.29) is 17.7 Å². The summed E-state index contributed by atoms with van der Waals surface area (Å²) in [6.07, 6.45) is 3.29. The number of rotatable bonds is 4. The van der Waals surface area contributed by atoms with Gasteiger partial charge >= 0.3 is 0 Å². The maximum Gasteiger partial charge on any atom is 0.289 e. The molecule has 0 aliphatic rings. The normalized spacial score (nSPS) is 11.8. The number of nitrogens with zero attached hydrogens (tertiary/aromatic N) is 1. The molecule has 19 heavy (non-hydrogen) atoms. The van der Waals surface area contributed by atoms with Crippen molar-refractivity contribution in [3.8, 4) is 5.75 Å². The van der Waals surface area contributed by atoms with Crippen molar-refractivity contribution in [2.24, 2.45) is 0 Å². The van der Waals surface area contributed by atoms with Gasteiger partial charge in [-0.2, -0.15) is 4.57 Å². The van der Waals surface area contributed by atoms with Crippen LogP contribution in [0.3, 0.4) is 0 Å². The fraction of sp³-hybridized carbons (Fsp3) is 0.200. The summed E-state index contributed by atoms with van der Waals surface area (Å²) in [5.41, 5.74) is 1.06. The Balaban J connectivity index is 1.96. The third-order valence-electron chi connectivity index (χ3n) is 2.94. The average molecular weight is 257 g/mol. The molecule has 0 saturated carbocycles. The van der Waals surface area contributed by atoms with Gasteiger partial charge < -0.3 is 10.4 Å². The van der Waals surface area contributed by atoms with E-state index in [0.717, 1.165) is 5.56 Å². The molecule has 0 bridgehead atoms. The predicted octanol–water partition coefficient (Wildman–Crippen LogP) is 1.56. The molecule has 0 saturated heterocycles. The van der Waals surface area contributed by atoms with E-state index in [1.165, 1.54) is 6.20 Å². The van der Waals surface area contributed by atoms with Crippen molar-refractivity contribution >= 4 is 5.91 Å². The van der Waals surface area contributed by atoms with Crippen LogP contribution in [0.15, 0.2) is 54.9 Å². The van der Waals surface area contributed by atoms with Gasteiger partial charge in [-0.05, 0) is 11.6 Å². The maximum absolute atomic E-state index is 12.0. The van der Waals surface area contributed by atoms with Gasteiger partial charge in [0.25, 0.3) is 5.91 Å². The van der Waals surface area contributed by atoms with Crippen molar-refractivity contribution in [3.63, 3.8) is 0 Å². The van der Waals surface area contributed by atoms with Crippen LogP contribution in [0.5, 0.6) is 5.75 Å². The highest BCUT2D eigenvalue weighted by Gasteiger charge is 2.21. The Morgan fingerprint density at radius 1 is 1.26 bits per heavy atom. The first kappa shape index (κ1) is 13.1. The number of aromatic hydroxyl groups is 1. The van der Waals surface area contributed by atoms with Gasteiger partial charge in [-0.1, -0.05) is 30.3 Å². The van der Waals surface area contributed by atoms with Crippen LogP contribution in [0.4, 0.5) is 0 Å². The van der Waals surface area contributed by atoms with Gasteiger partial charge in [0.1, 0.15) is 0 Å². The second-order valence-electron chi connectivity index (χ2n) is 4.39. The van der Waals surface area contributed by atoms with Crippen LogP contribution < -0.4 is 9.88 Å². The van der Waals surface area contributed by atoms with Crippen molar-refractivity contribution in [2.75, 3.05) is 0 Å². The molecule has 0 aliphatic heterocycles. The lowest BCUT2D eigenvalue weighted by molar-refractivity contribution is -0.706. The molecule has 0 aliphatic carbocycles. The van der Waals surface area contributed by atoms with Gasteiger partial charge in [0, 0.05) is 19.5 Å². The van der Waals surface area contributed by atoms with E-state index in [4.69, 9.17) is 0 Å². The zero-order valence-electron chi connectivity index (χ0n) is 10.8. The summed E-state index contributed by atoms with van der Waals surface area (Å²) in [6.45, 7) is 2.29. The Kier molecular flexibility index (Phi) is 4.13. The van der Waals surface area contributed by atoms with E-state index in [1.54, 1.807) is 29.8 Å². The summed E-state index contributed by atoms with van der Waals surface area (Å²) in [4.78, 5) is 12.0. The van der Waals surface area contributed by atoms with Crippen LogP contribution in [-0.2, 0) is 11.3 Å². The molecular formula is C15H17N2O2+. The number of carbonyl (C=O) groups is 1. The molecule has 0 unspecified atom stereocenters. The van der Waals surface area contributed by atoms with Crippen molar-refractivity contribution < 1.29 is 14.5 Å². The molecule has 0 fully saturated rings. The van der Waals surface area contributed by atoms with Crippen LogP contribution in [0, 0.1) is 0 Å². The summed E-state index contributed by atoms with van der Waals surface area (Å²) in [5, 5.41) is 12.3. The molecule has 1 aromatic carbocycles. The second-order valence-corrected chi connectivity index (χ2v) is 4.39. The molecule has 0 spiro atoms. The quantitative estimate of drug-likeness (QED) is 0.817. The van der Waals surface area contributed by atoms with Crippen LogP contribution in [0.1, 0.15) is 18.5 Å². The minimum absolute atomic E-state index is 0.0838. The van der Waals surface area contributed by atoms with Gasteiger partial charge in [-0.25, -0.2) is 0 Å². The molecule has 2 rings (SSSR count). The molecule has 0 radical (unpaired) electrons. The monoisotopic (exact) mass is 257 g/mol. The minimum Gasteiger partial charge on any atom is -0.503 e. The molecule has 4 heteroatoms. The van der Waals surface area contributed by atoms with Crippen molar-refractivity contribution in [3.05, 3.63) is 60.4 Å². The first-order chi connectivity index (χ1) is 9.16. The lowest BCUT2D eigenvalue weighted by Gasteiger charge is -2.08. The van der Waals surface area contributed by atoms with Gasteiger partial charge in [0.2, 0.25) is 12.2 Å². The predicted molar refractivity (Wildman–Crippen MR) is 71.3 cm³/mol. The standard InChI is InChI=1S/C15H16N2O2/c1-12(17-9-5-8-14(18)11-17)15(19)16-10-13-6-3-2-4-7-13/h2-9,11-12H,10H2,1H3,(H-,16,18,19)/p+1/t12-/m1/s1. The van der Waals surface area contributed by atoms with Crippen molar-refractivity contribution in [2.45, 2.75) is 19.5 Å². The zero-order valence-corrected chi connectivity index (χ0v) is 10.8. The van der Waals surface area contributed by atoms with Gasteiger partial charge in [-0.15, -0.1) is 0 Å². The molecule has 4 nitrogen and oxygen atoms in total. The van der Waals surface area contributed by atoms with E-state index in [9.17, 15) is 9.90 Å². The minimum atomic E-state index is -0.365. The van der Waals surface area contributed by atoms with E-state index in [2.05, 4.69) is 5.32 Å². The first-order valence-corrected chi connectivity index (χ1v) is 6.18. The Bertz CT molecular complexity index is 555. The smallest absolute Gasteiger partial charge is 0.289 e. The number of aromatic nitrogens is 1. The topological polar surface area (TPSA) is 53.2 Å². The molecule has 1 aromatic heterocycles. The van der Waals surface area contributed by atoms with Crippen LogP contribution in [0.2, 0.25) is 0 Å². The number of hydrogen-bond acceptors (Lipinski definition) is 2. The van der Waals surface area contributed by atoms with E-state index in [1.807, 2.05) is 30.3 Å². The fourth-order valence-electron chi connectivity index (χ4n) is 1.79. The lowest BCUT2D eigenvalue weighted by Crippen LogP contribution is -2.46. The number of hydrogen-bond donors (Lipinski definition) is 2. The summed E-state index contributed by atoms with van der Waals surface area (Å²) in [6, 6.07) is 12.7. The fourth-order valence-corrected chi connectivity index (χ4v) is 1.79. The summed E-state index contributed by atoms with van der Waals surface area (Å²) >= 11 is 0. The lowest BCUT2D eigenvalue weighted by atomic mass is 10.2. The van der Waals surface area contributed by atoms with Gasteiger partial charge in [0.15, 0.2) is 11.9 Å². The Morgan fingerprint density at radius 2 is 2.00 bits per heavy atom. The second kappa shape index (κ2) is 6.00. The molecular weight excluding hydrogens is 240 g/mol. The Labute approximate surface area is 112 Å². The van der Waals surface area contributed by atoms with E-state index < -0.39 is 0 Å². The molecule has 1 amide bonds. The molecule has 1 atom stereocenters. The summed E-state index contributed by atoms with van der Waals surface area (Å²) in [7, 11) is 0. The third kappa shape index (κ3) is 3.55. The van der Waals surface area contributed by atoms with Crippen molar-refractivity contribution in [1.82, 2.24) is 5.32 Å². The maximum atomic E-state index is 12.0.